The lowest BCUT2D eigenvalue weighted by molar-refractivity contribution is -0.146. The molecule has 15 heavy (non-hydrogen) atoms. The standard InChI is InChI=1S/C11H23NO3/c1-9(7-13)5-4-6-12-8-11(2,3)10(14)15/h9,12-13H,4-8H2,1-3H3,(H,14,15). The summed E-state index contributed by atoms with van der Waals surface area (Å²) in [6.07, 6.45) is 1.94. The second-order valence-electron chi connectivity index (χ2n) is 4.80. The molecule has 1 unspecified atom stereocenters. The van der Waals surface area contributed by atoms with Crippen LogP contribution >= 0.6 is 0 Å². The highest BCUT2D eigenvalue weighted by Gasteiger charge is 2.26. The van der Waals surface area contributed by atoms with E-state index in [1.165, 1.54) is 0 Å². The minimum absolute atomic E-state index is 0.223. The molecule has 0 fully saturated rings. The summed E-state index contributed by atoms with van der Waals surface area (Å²) in [5.41, 5.74) is -0.706. The van der Waals surface area contributed by atoms with E-state index in [0.717, 1.165) is 19.4 Å². The lowest BCUT2D eigenvalue weighted by Gasteiger charge is -2.19. The Labute approximate surface area is 91.7 Å². The lowest BCUT2D eigenvalue weighted by atomic mass is 9.94. The first-order valence-electron chi connectivity index (χ1n) is 5.45. The van der Waals surface area contributed by atoms with Crippen LogP contribution in [0.15, 0.2) is 0 Å². The van der Waals surface area contributed by atoms with Crippen LogP contribution in [0.25, 0.3) is 0 Å². The molecule has 3 N–H and O–H groups in total. The molecule has 0 rings (SSSR count). The Hall–Kier alpha value is -0.610. The molecule has 0 heterocycles. The van der Waals surface area contributed by atoms with Gasteiger partial charge in [-0.05, 0) is 39.2 Å². The maximum absolute atomic E-state index is 10.8. The van der Waals surface area contributed by atoms with Crippen molar-refractivity contribution in [3.63, 3.8) is 0 Å². The molecule has 0 aromatic carbocycles. The average Bonchev–Trinajstić information content (AvgIpc) is 2.16. The number of carbonyl (C=O) groups is 1. The van der Waals surface area contributed by atoms with E-state index in [2.05, 4.69) is 5.32 Å². The summed E-state index contributed by atoms with van der Waals surface area (Å²) in [5, 5.41) is 20.8. The molecule has 0 aromatic heterocycles. The molecule has 0 saturated carbocycles. The largest absolute Gasteiger partial charge is 0.481 e. The fourth-order valence-electron chi connectivity index (χ4n) is 1.14. The summed E-state index contributed by atoms with van der Waals surface area (Å²) < 4.78 is 0. The number of hydrogen-bond acceptors (Lipinski definition) is 3. The average molecular weight is 217 g/mol. The predicted octanol–water partition coefficient (Wildman–Crippen LogP) is 1.10. The van der Waals surface area contributed by atoms with Crippen LogP contribution in [0, 0.1) is 11.3 Å². The van der Waals surface area contributed by atoms with Crippen molar-refractivity contribution in [1.29, 1.82) is 0 Å². The first kappa shape index (κ1) is 14.4. The summed E-state index contributed by atoms with van der Waals surface area (Å²) >= 11 is 0. The van der Waals surface area contributed by atoms with Gasteiger partial charge >= 0.3 is 5.97 Å². The van der Waals surface area contributed by atoms with Crippen LogP contribution in [0.1, 0.15) is 33.6 Å². The number of carboxylic acid groups (broad SMARTS) is 1. The van der Waals surface area contributed by atoms with Gasteiger partial charge in [0.25, 0.3) is 0 Å². The number of nitrogens with one attached hydrogen (secondary N) is 1. The van der Waals surface area contributed by atoms with E-state index in [1.807, 2.05) is 6.92 Å². The predicted molar refractivity (Wildman–Crippen MR) is 59.8 cm³/mol. The van der Waals surface area contributed by atoms with Gasteiger partial charge in [-0.25, -0.2) is 0 Å². The van der Waals surface area contributed by atoms with Gasteiger partial charge in [-0.2, -0.15) is 0 Å². The zero-order chi connectivity index (χ0) is 11.9. The second kappa shape index (κ2) is 6.80. The fourth-order valence-corrected chi connectivity index (χ4v) is 1.14. The molecule has 0 aliphatic rings. The van der Waals surface area contributed by atoms with Crippen LogP contribution in [-0.2, 0) is 4.79 Å². The Morgan fingerprint density at radius 2 is 2.07 bits per heavy atom. The third-order valence-electron chi connectivity index (χ3n) is 2.51. The number of aliphatic hydroxyl groups is 1. The number of hydrogen-bond donors (Lipinski definition) is 3. The van der Waals surface area contributed by atoms with E-state index in [1.54, 1.807) is 13.8 Å². The molecular weight excluding hydrogens is 194 g/mol. The molecule has 0 spiro atoms. The van der Waals surface area contributed by atoms with Crippen molar-refractivity contribution in [2.75, 3.05) is 19.7 Å². The number of carboxylic acids is 1. The first-order valence-corrected chi connectivity index (χ1v) is 5.45. The first-order chi connectivity index (χ1) is 6.90. The van der Waals surface area contributed by atoms with Gasteiger partial charge in [0.1, 0.15) is 0 Å². The van der Waals surface area contributed by atoms with Gasteiger partial charge in [-0.15, -0.1) is 0 Å². The maximum Gasteiger partial charge on any atom is 0.310 e. The van der Waals surface area contributed by atoms with E-state index in [0.29, 0.717) is 12.5 Å². The van der Waals surface area contributed by atoms with Crippen molar-refractivity contribution in [3.8, 4) is 0 Å². The topological polar surface area (TPSA) is 69.6 Å². The van der Waals surface area contributed by atoms with Gasteiger partial charge in [-0.3, -0.25) is 4.79 Å². The minimum Gasteiger partial charge on any atom is -0.481 e. The Kier molecular flexibility index (Phi) is 6.52. The SMILES string of the molecule is CC(CO)CCCNCC(C)(C)C(=O)O. The Morgan fingerprint density at radius 3 is 2.53 bits per heavy atom. The maximum atomic E-state index is 10.8. The molecule has 0 aromatic rings. The number of aliphatic hydroxyl groups excluding tert-OH is 1. The molecule has 0 saturated heterocycles. The number of rotatable bonds is 8. The Morgan fingerprint density at radius 1 is 1.47 bits per heavy atom. The lowest BCUT2D eigenvalue weighted by Crippen LogP contribution is -2.36. The third-order valence-corrected chi connectivity index (χ3v) is 2.51. The van der Waals surface area contributed by atoms with Crippen LogP contribution < -0.4 is 5.32 Å². The Bertz CT molecular complexity index is 192. The summed E-state index contributed by atoms with van der Waals surface area (Å²) in [7, 11) is 0. The highest BCUT2D eigenvalue weighted by atomic mass is 16.4. The monoisotopic (exact) mass is 217 g/mol. The van der Waals surface area contributed by atoms with E-state index in [-0.39, 0.29) is 6.61 Å². The number of aliphatic carboxylic acids is 1. The molecular formula is C11H23NO3. The summed E-state index contributed by atoms with van der Waals surface area (Å²) in [6, 6.07) is 0. The van der Waals surface area contributed by atoms with Crippen LogP contribution in [0.2, 0.25) is 0 Å². The highest BCUT2D eigenvalue weighted by molar-refractivity contribution is 5.73. The van der Waals surface area contributed by atoms with Crippen molar-refractivity contribution in [1.82, 2.24) is 5.32 Å². The van der Waals surface area contributed by atoms with E-state index in [9.17, 15) is 4.79 Å². The quantitative estimate of drug-likeness (QED) is 0.532. The summed E-state index contributed by atoms with van der Waals surface area (Å²) in [6.45, 7) is 6.93. The molecule has 0 aliphatic carbocycles. The van der Waals surface area contributed by atoms with Gasteiger partial charge < -0.3 is 15.5 Å². The van der Waals surface area contributed by atoms with Gasteiger partial charge in [0.15, 0.2) is 0 Å². The van der Waals surface area contributed by atoms with Crippen LogP contribution in [-0.4, -0.2) is 35.9 Å². The summed E-state index contributed by atoms with van der Waals surface area (Å²) in [4.78, 5) is 10.8. The third kappa shape index (κ3) is 6.47. The van der Waals surface area contributed by atoms with Gasteiger partial charge in [-0.1, -0.05) is 6.92 Å². The molecule has 0 aliphatic heterocycles. The van der Waals surface area contributed by atoms with Crippen LogP contribution in [0.4, 0.5) is 0 Å². The smallest absolute Gasteiger partial charge is 0.310 e. The molecule has 4 nitrogen and oxygen atoms in total. The normalized spacial score (nSPS) is 13.9. The highest BCUT2D eigenvalue weighted by Crippen LogP contribution is 2.13. The van der Waals surface area contributed by atoms with Gasteiger partial charge in [0.2, 0.25) is 0 Å². The summed E-state index contributed by atoms with van der Waals surface area (Å²) in [5.74, 6) is -0.446. The Balaban J connectivity index is 3.51. The zero-order valence-corrected chi connectivity index (χ0v) is 9.92. The molecule has 0 amide bonds. The van der Waals surface area contributed by atoms with Gasteiger partial charge in [0.05, 0.1) is 5.41 Å². The van der Waals surface area contributed by atoms with Crippen molar-refractivity contribution in [2.45, 2.75) is 33.6 Å². The van der Waals surface area contributed by atoms with Crippen molar-refractivity contribution in [3.05, 3.63) is 0 Å². The molecule has 0 radical (unpaired) electrons. The van der Waals surface area contributed by atoms with Crippen molar-refractivity contribution >= 4 is 5.97 Å². The molecule has 90 valence electrons. The minimum atomic E-state index is -0.779. The fraction of sp³-hybridized carbons (Fsp3) is 0.909. The van der Waals surface area contributed by atoms with Gasteiger partial charge in [0, 0.05) is 13.2 Å². The van der Waals surface area contributed by atoms with E-state index < -0.39 is 11.4 Å². The van der Waals surface area contributed by atoms with Crippen LogP contribution in [0.3, 0.4) is 0 Å². The molecule has 4 heteroatoms. The molecule has 1 atom stereocenters. The van der Waals surface area contributed by atoms with Crippen LogP contribution in [0.5, 0.6) is 0 Å². The zero-order valence-electron chi connectivity index (χ0n) is 9.92. The second-order valence-corrected chi connectivity index (χ2v) is 4.80. The van der Waals surface area contributed by atoms with E-state index >= 15 is 0 Å². The van der Waals surface area contributed by atoms with Crippen molar-refractivity contribution in [2.24, 2.45) is 11.3 Å². The van der Waals surface area contributed by atoms with E-state index in [4.69, 9.17) is 10.2 Å². The van der Waals surface area contributed by atoms with Crippen molar-refractivity contribution < 1.29 is 15.0 Å². The molecule has 0 bridgehead atoms.